The van der Waals surface area contributed by atoms with Crippen molar-refractivity contribution in [3.05, 3.63) is 59.2 Å². The Bertz CT molecular complexity index is 855. The Kier molecular flexibility index (Phi) is 4.95. The molecule has 0 radical (unpaired) electrons. The number of amides is 1. The molecule has 3 rings (SSSR count). The number of hydrogen-bond acceptors (Lipinski definition) is 3. The van der Waals surface area contributed by atoms with E-state index in [9.17, 15) is 4.79 Å². The van der Waals surface area contributed by atoms with Gasteiger partial charge in [0.15, 0.2) is 5.13 Å². The largest absolute Gasteiger partial charge is 0.284 e. The van der Waals surface area contributed by atoms with Gasteiger partial charge in [0.2, 0.25) is 5.91 Å². The molecule has 1 amide bonds. The number of carbonyl (C=O) groups excluding carboxylic acids is 1. The van der Waals surface area contributed by atoms with Crippen molar-refractivity contribution in [1.29, 1.82) is 0 Å². The van der Waals surface area contributed by atoms with E-state index in [0.29, 0.717) is 13.0 Å². The number of anilines is 1. The van der Waals surface area contributed by atoms with Crippen LogP contribution in [-0.2, 0) is 11.3 Å². The molecule has 0 saturated heterocycles. The van der Waals surface area contributed by atoms with E-state index >= 15 is 0 Å². The monoisotopic (exact) mass is 338 g/mol. The lowest BCUT2D eigenvalue weighted by Gasteiger charge is -2.19. The number of rotatable bonds is 5. The maximum absolute atomic E-state index is 12.7. The Balaban J connectivity index is 2.01. The predicted molar refractivity (Wildman–Crippen MR) is 102 cm³/mol. The standard InChI is InChI=1S/C20H22N2OS/c1-4-8-18(23)22(13-16-9-6-5-7-10-16)20-21-17-12-14(2)11-15(3)19(17)24-20/h5-7,9-12H,4,8,13H2,1-3H3. The molecule has 1 heterocycles. The van der Waals surface area contributed by atoms with Crippen molar-refractivity contribution in [2.75, 3.05) is 4.90 Å². The summed E-state index contributed by atoms with van der Waals surface area (Å²) in [5.74, 6) is 0.134. The third-order valence-electron chi connectivity index (χ3n) is 3.99. The van der Waals surface area contributed by atoms with Crippen molar-refractivity contribution in [3.8, 4) is 0 Å². The number of thiazole rings is 1. The van der Waals surface area contributed by atoms with Crippen LogP contribution >= 0.6 is 11.3 Å². The quantitative estimate of drug-likeness (QED) is 0.637. The van der Waals surface area contributed by atoms with Gasteiger partial charge in [0.25, 0.3) is 0 Å². The Morgan fingerprint density at radius 2 is 1.92 bits per heavy atom. The van der Waals surface area contributed by atoms with Gasteiger partial charge in [-0.3, -0.25) is 9.69 Å². The van der Waals surface area contributed by atoms with E-state index in [0.717, 1.165) is 27.3 Å². The number of hydrogen-bond donors (Lipinski definition) is 0. The summed E-state index contributed by atoms with van der Waals surface area (Å²) in [4.78, 5) is 19.3. The number of carbonyl (C=O) groups is 1. The molecular formula is C20H22N2OS. The summed E-state index contributed by atoms with van der Waals surface area (Å²) in [5.41, 5.74) is 4.52. The molecule has 0 spiro atoms. The Hall–Kier alpha value is -2.20. The number of aryl methyl sites for hydroxylation is 2. The summed E-state index contributed by atoms with van der Waals surface area (Å²) in [6.45, 7) is 6.78. The maximum atomic E-state index is 12.7. The summed E-state index contributed by atoms with van der Waals surface area (Å²) < 4.78 is 1.16. The summed E-state index contributed by atoms with van der Waals surface area (Å²) in [7, 11) is 0. The van der Waals surface area contributed by atoms with Crippen molar-refractivity contribution in [3.63, 3.8) is 0 Å². The third kappa shape index (κ3) is 3.49. The minimum absolute atomic E-state index is 0.134. The molecule has 0 unspecified atom stereocenters. The first-order valence-corrected chi connectivity index (χ1v) is 9.12. The zero-order valence-electron chi connectivity index (χ0n) is 14.4. The molecule has 3 aromatic rings. The lowest BCUT2D eigenvalue weighted by atomic mass is 10.1. The van der Waals surface area contributed by atoms with Crippen molar-refractivity contribution in [2.24, 2.45) is 0 Å². The van der Waals surface area contributed by atoms with Crippen LogP contribution in [0.2, 0.25) is 0 Å². The summed E-state index contributed by atoms with van der Waals surface area (Å²) in [6, 6.07) is 14.4. The van der Waals surface area contributed by atoms with Crippen LogP contribution in [-0.4, -0.2) is 10.9 Å². The highest BCUT2D eigenvalue weighted by Crippen LogP contribution is 2.33. The molecule has 2 aromatic carbocycles. The highest BCUT2D eigenvalue weighted by Gasteiger charge is 2.20. The van der Waals surface area contributed by atoms with Gasteiger partial charge >= 0.3 is 0 Å². The van der Waals surface area contributed by atoms with E-state index in [1.54, 1.807) is 11.3 Å². The lowest BCUT2D eigenvalue weighted by molar-refractivity contribution is -0.118. The number of aromatic nitrogens is 1. The third-order valence-corrected chi connectivity index (χ3v) is 5.22. The molecule has 4 heteroatoms. The second kappa shape index (κ2) is 7.14. The van der Waals surface area contributed by atoms with E-state index in [1.165, 1.54) is 11.1 Å². The van der Waals surface area contributed by atoms with Crippen LogP contribution in [0.3, 0.4) is 0 Å². The molecule has 0 fully saturated rings. The fourth-order valence-corrected chi connectivity index (χ4v) is 3.89. The van der Waals surface area contributed by atoms with Crippen LogP contribution < -0.4 is 4.90 Å². The molecule has 124 valence electrons. The summed E-state index contributed by atoms with van der Waals surface area (Å²) in [6.07, 6.45) is 1.38. The highest BCUT2D eigenvalue weighted by atomic mass is 32.1. The van der Waals surface area contributed by atoms with E-state index < -0.39 is 0 Å². The molecule has 0 aliphatic heterocycles. The average Bonchev–Trinajstić information content (AvgIpc) is 2.97. The van der Waals surface area contributed by atoms with Gasteiger partial charge in [0, 0.05) is 6.42 Å². The van der Waals surface area contributed by atoms with Crippen LogP contribution in [0.4, 0.5) is 5.13 Å². The topological polar surface area (TPSA) is 33.2 Å². The van der Waals surface area contributed by atoms with Gasteiger partial charge in [-0.05, 0) is 43.0 Å². The first-order valence-electron chi connectivity index (χ1n) is 8.30. The van der Waals surface area contributed by atoms with Crippen LogP contribution in [0.1, 0.15) is 36.5 Å². The molecule has 3 nitrogen and oxygen atoms in total. The fourth-order valence-electron chi connectivity index (χ4n) is 2.86. The first kappa shape index (κ1) is 16.7. The van der Waals surface area contributed by atoms with Crippen molar-refractivity contribution in [1.82, 2.24) is 4.98 Å². The fraction of sp³-hybridized carbons (Fsp3) is 0.300. The molecule has 0 aliphatic rings. The van der Waals surface area contributed by atoms with Gasteiger partial charge in [-0.25, -0.2) is 4.98 Å². The van der Waals surface area contributed by atoms with E-state index in [-0.39, 0.29) is 5.91 Å². The minimum atomic E-state index is 0.134. The highest BCUT2D eigenvalue weighted by molar-refractivity contribution is 7.22. The van der Waals surface area contributed by atoms with E-state index in [2.05, 4.69) is 38.1 Å². The number of fused-ring (bicyclic) bond motifs is 1. The first-order chi connectivity index (χ1) is 11.6. The second-order valence-electron chi connectivity index (χ2n) is 6.14. The van der Waals surface area contributed by atoms with Crippen LogP contribution in [0.15, 0.2) is 42.5 Å². The van der Waals surface area contributed by atoms with Gasteiger partial charge in [-0.2, -0.15) is 0 Å². The summed E-state index contributed by atoms with van der Waals surface area (Å²) >= 11 is 1.61. The van der Waals surface area contributed by atoms with Gasteiger partial charge in [0.05, 0.1) is 16.8 Å². The van der Waals surface area contributed by atoms with Crippen LogP contribution in [0.5, 0.6) is 0 Å². The average molecular weight is 338 g/mol. The van der Waals surface area contributed by atoms with Crippen LogP contribution in [0.25, 0.3) is 10.2 Å². The minimum Gasteiger partial charge on any atom is -0.284 e. The zero-order chi connectivity index (χ0) is 17.1. The van der Waals surface area contributed by atoms with E-state index in [1.807, 2.05) is 30.0 Å². The normalized spacial score (nSPS) is 11.0. The van der Waals surface area contributed by atoms with Gasteiger partial charge in [-0.15, -0.1) is 0 Å². The molecule has 0 bridgehead atoms. The molecule has 1 aromatic heterocycles. The van der Waals surface area contributed by atoms with Crippen molar-refractivity contribution < 1.29 is 4.79 Å². The van der Waals surface area contributed by atoms with Crippen molar-refractivity contribution in [2.45, 2.75) is 40.2 Å². The number of benzene rings is 2. The Morgan fingerprint density at radius 3 is 2.62 bits per heavy atom. The molecular weight excluding hydrogens is 316 g/mol. The molecule has 0 N–H and O–H groups in total. The van der Waals surface area contributed by atoms with Crippen molar-refractivity contribution >= 4 is 32.6 Å². The van der Waals surface area contributed by atoms with Crippen LogP contribution in [0, 0.1) is 13.8 Å². The summed E-state index contributed by atoms with van der Waals surface area (Å²) in [5, 5.41) is 0.793. The maximum Gasteiger partial charge on any atom is 0.229 e. The molecule has 0 atom stereocenters. The predicted octanol–water partition coefficient (Wildman–Crippen LogP) is 5.25. The molecule has 24 heavy (non-hydrogen) atoms. The van der Waals surface area contributed by atoms with Gasteiger partial charge in [-0.1, -0.05) is 54.7 Å². The number of nitrogens with zero attached hydrogens (tertiary/aromatic N) is 2. The smallest absolute Gasteiger partial charge is 0.229 e. The molecule has 0 aliphatic carbocycles. The Morgan fingerprint density at radius 1 is 1.17 bits per heavy atom. The lowest BCUT2D eigenvalue weighted by Crippen LogP contribution is -2.29. The molecule has 0 saturated carbocycles. The second-order valence-corrected chi connectivity index (χ2v) is 7.12. The van der Waals surface area contributed by atoms with Gasteiger partial charge in [0.1, 0.15) is 0 Å². The van der Waals surface area contributed by atoms with E-state index in [4.69, 9.17) is 4.98 Å². The van der Waals surface area contributed by atoms with Gasteiger partial charge < -0.3 is 0 Å². The Labute approximate surface area is 147 Å². The SMILES string of the molecule is CCCC(=O)N(Cc1ccccc1)c1nc2cc(C)cc(C)c2s1. The zero-order valence-corrected chi connectivity index (χ0v) is 15.2.